The van der Waals surface area contributed by atoms with Gasteiger partial charge in [0.05, 0.1) is 28.5 Å². The summed E-state index contributed by atoms with van der Waals surface area (Å²) in [5.74, 6) is 0.530. The summed E-state index contributed by atoms with van der Waals surface area (Å²) in [6.07, 6.45) is 0.984. The van der Waals surface area contributed by atoms with Crippen LogP contribution < -0.4 is 15.0 Å². The van der Waals surface area contributed by atoms with E-state index in [0.29, 0.717) is 39.7 Å². The minimum atomic E-state index is -0.595. The number of nitrogens with one attached hydrogen (secondary N) is 1. The molecule has 6 rings (SSSR count). The van der Waals surface area contributed by atoms with Crippen LogP contribution in [0.3, 0.4) is 0 Å². The molecule has 39 heavy (non-hydrogen) atoms. The lowest BCUT2D eigenvalue weighted by molar-refractivity contribution is -0.116. The fourth-order valence-corrected chi connectivity index (χ4v) is 6.53. The molecule has 8 heteroatoms. The molecule has 0 bridgehead atoms. The highest BCUT2D eigenvalue weighted by Gasteiger charge is 2.42. The standard InChI is InChI=1S/C31H24Cl2N2O3S/c1-38-21-11-8-18(9-12-21)20-16-25-29(27(36)17-20)30(28-7-4-14-39-28)35(26-6-3-2-5-24(26)34-25)31(37)19-10-13-22(32)23(33)15-19/h2-15,20,30,34H,16-17H2,1H3/t20-,30+/m1/s1. The first-order valence-corrected chi connectivity index (χ1v) is 14.2. The maximum Gasteiger partial charge on any atom is 0.259 e. The first-order chi connectivity index (χ1) is 18.9. The number of hydrogen-bond donors (Lipinski definition) is 1. The molecule has 0 saturated carbocycles. The summed E-state index contributed by atoms with van der Waals surface area (Å²) in [7, 11) is 1.64. The molecule has 2 atom stereocenters. The smallest absolute Gasteiger partial charge is 0.259 e. The van der Waals surface area contributed by atoms with Gasteiger partial charge in [-0.25, -0.2) is 0 Å². The minimum Gasteiger partial charge on any atom is -0.497 e. The summed E-state index contributed by atoms with van der Waals surface area (Å²) in [4.78, 5) is 31.0. The number of rotatable bonds is 4. The van der Waals surface area contributed by atoms with Crippen molar-refractivity contribution in [3.05, 3.63) is 122 Å². The summed E-state index contributed by atoms with van der Waals surface area (Å²) < 4.78 is 5.32. The highest BCUT2D eigenvalue weighted by atomic mass is 35.5. The van der Waals surface area contributed by atoms with Crippen LogP contribution >= 0.6 is 34.5 Å². The van der Waals surface area contributed by atoms with Gasteiger partial charge in [-0.2, -0.15) is 0 Å². The Kier molecular flexibility index (Phi) is 6.94. The van der Waals surface area contributed by atoms with Gasteiger partial charge >= 0.3 is 0 Å². The lowest BCUT2D eigenvalue weighted by Gasteiger charge is -2.34. The largest absolute Gasteiger partial charge is 0.497 e. The van der Waals surface area contributed by atoms with Crippen molar-refractivity contribution in [3.8, 4) is 5.75 Å². The van der Waals surface area contributed by atoms with Crippen LogP contribution in [0, 0.1) is 0 Å². The van der Waals surface area contributed by atoms with Crippen LogP contribution in [0.15, 0.2) is 95.5 Å². The Morgan fingerprint density at radius 1 is 0.974 bits per heavy atom. The number of ketones is 1. The molecule has 1 N–H and O–H groups in total. The molecule has 0 unspecified atom stereocenters. The Bertz CT molecular complexity index is 1600. The van der Waals surface area contributed by atoms with Gasteiger partial charge in [0, 0.05) is 28.1 Å². The topological polar surface area (TPSA) is 58.6 Å². The summed E-state index contributed by atoms with van der Waals surface area (Å²) in [6, 6.07) is 23.7. The van der Waals surface area contributed by atoms with E-state index < -0.39 is 6.04 Å². The summed E-state index contributed by atoms with van der Waals surface area (Å²) in [5, 5.41) is 6.20. The van der Waals surface area contributed by atoms with Crippen LogP contribution in [0.2, 0.25) is 10.0 Å². The number of halogens is 2. The average Bonchev–Trinajstić information content (AvgIpc) is 3.44. The number of methoxy groups -OCH3 is 1. The Labute approximate surface area is 240 Å². The number of carbonyl (C=O) groups excluding carboxylic acids is 2. The Morgan fingerprint density at radius 2 is 1.77 bits per heavy atom. The molecule has 4 aromatic rings. The zero-order chi connectivity index (χ0) is 27.1. The van der Waals surface area contributed by atoms with Crippen LogP contribution in [0.4, 0.5) is 11.4 Å². The lowest BCUT2D eigenvalue weighted by atomic mass is 9.79. The number of nitrogens with zero attached hydrogens (tertiary/aromatic N) is 1. The number of ether oxygens (including phenoxy) is 1. The van der Waals surface area contributed by atoms with E-state index in [0.717, 1.165) is 27.6 Å². The quantitative estimate of drug-likeness (QED) is 0.266. The number of fused-ring (bicyclic) bond motifs is 1. The molecular formula is C31H24Cl2N2O3S. The van der Waals surface area contributed by atoms with Gasteiger partial charge in [0.25, 0.3) is 5.91 Å². The van der Waals surface area contributed by atoms with Gasteiger partial charge in [0.1, 0.15) is 11.8 Å². The van der Waals surface area contributed by atoms with E-state index in [1.807, 2.05) is 66.0 Å². The van der Waals surface area contributed by atoms with E-state index in [-0.39, 0.29) is 17.6 Å². The van der Waals surface area contributed by atoms with Crippen LogP contribution in [0.25, 0.3) is 0 Å². The second kappa shape index (κ2) is 10.5. The number of thiophene rings is 1. The monoisotopic (exact) mass is 574 g/mol. The van der Waals surface area contributed by atoms with Crippen molar-refractivity contribution < 1.29 is 14.3 Å². The van der Waals surface area contributed by atoms with E-state index in [4.69, 9.17) is 27.9 Å². The Balaban J connectivity index is 1.51. The maximum atomic E-state index is 14.3. The van der Waals surface area contributed by atoms with Gasteiger partial charge in [0.15, 0.2) is 5.78 Å². The minimum absolute atomic E-state index is 0.00290. The normalized spacial score (nSPS) is 18.6. The number of hydrogen-bond acceptors (Lipinski definition) is 5. The molecule has 1 aliphatic carbocycles. The number of para-hydroxylation sites is 2. The van der Waals surface area contributed by atoms with Crippen molar-refractivity contribution in [1.82, 2.24) is 0 Å². The third-order valence-electron chi connectivity index (χ3n) is 7.27. The van der Waals surface area contributed by atoms with Crippen molar-refractivity contribution in [2.45, 2.75) is 24.8 Å². The maximum absolute atomic E-state index is 14.3. The third kappa shape index (κ3) is 4.73. The molecule has 2 aliphatic rings. The number of Topliss-reactive ketones (excluding diaryl/α,β-unsaturated/α-hetero) is 1. The van der Waals surface area contributed by atoms with Crippen molar-refractivity contribution in [2.24, 2.45) is 0 Å². The van der Waals surface area contributed by atoms with Crippen LogP contribution in [-0.4, -0.2) is 18.8 Å². The van der Waals surface area contributed by atoms with E-state index in [9.17, 15) is 9.59 Å². The van der Waals surface area contributed by atoms with Crippen LogP contribution in [-0.2, 0) is 4.79 Å². The fraction of sp³-hybridized carbons (Fsp3) is 0.161. The zero-order valence-corrected chi connectivity index (χ0v) is 23.3. The predicted molar refractivity (Wildman–Crippen MR) is 157 cm³/mol. The molecule has 1 aliphatic heterocycles. The summed E-state index contributed by atoms with van der Waals surface area (Å²) >= 11 is 14.0. The first kappa shape index (κ1) is 25.7. The van der Waals surface area contributed by atoms with Gasteiger partial charge in [-0.15, -0.1) is 11.3 Å². The van der Waals surface area contributed by atoms with Gasteiger partial charge in [-0.3, -0.25) is 14.5 Å². The number of carbonyl (C=O) groups is 2. The molecule has 0 fully saturated rings. The van der Waals surface area contributed by atoms with Gasteiger partial charge in [-0.05, 0) is 71.8 Å². The molecular weight excluding hydrogens is 551 g/mol. The first-order valence-electron chi connectivity index (χ1n) is 12.5. The predicted octanol–water partition coefficient (Wildman–Crippen LogP) is 8.28. The molecule has 0 saturated heterocycles. The number of amides is 1. The van der Waals surface area contributed by atoms with Gasteiger partial charge < -0.3 is 10.1 Å². The molecule has 0 spiro atoms. The van der Waals surface area contributed by atoms with Crippen LogP contribution in [0.5, 0.6) is 5.75 Å². The van der Waals surface area contributed by atoms with E-state index in [1.165, 1.54) is 11.3 Å². The molecule has 2 heterocycles. The zero-order valence-electron chi connectivity index (χ0n) is 21.0. The highest BCUT2D eigenvalue weighted by Crippen LogP contribution is 2.48. The Hall–Kier alpha value is -3.58. The van der Waals surface area contributed by atoms with Gasteiger partial charge in [-0.1, -0.05) is 53.5 Å². The highest BCUT2D eigenvalue weighted by molar-refractivity contribution is 7.10. The second-order valence-corrected chi connectivity index (χ2v) is 11.4. The molecule has 0 radical (unpaired) electrons. The number of benzene rings is 3. The number of allylic oxidation sites excluding steroid dienone is 1. The summed E-state index contributed by atoms with van der Waals surface area (Å²) in [5.41, 5.74) is 4.38. The van der Waals surface area contributed by atoms with Crippen molar-refractivity contribution in [3.63, 3.8) is 0 Å². The lowest BCUT2D eigenvalue weighted by Crippen LogP contribution is -2.38. The molecule has 5 nitrogen and oxygen atoms in total. The fourth-order valence-electron chi connectivity index (χ4n) is 5.41. The molecule has 1 aromatic heterocycles. The van der Waals surface area contributed by atoms with E-state index in [2.05, 4.69) is 5.32 Å². The van der Waals surface area contributed by atoms with Crippen molar-refractivity contribution in [2.75, 3.05) is 17.3 Å². The van der Waals surface area contributed by atoms with Crippen LogP contribution in [0.1, 0.15) is 45.6 Å². The third-order valence-corrected chi connectivity index (χ3v) is 8.94. The van der Waals surface area contributed by atoms with Crippen molar-refractivity contribution >= 4 is 57.6 Å². The summed E-state index contributed by atoms with van der Waals surface area (Å²) in [6.45, 7) is 0. The van der Waals surface area contributed by atoms with Crippen molar-refractivity contribution in [1.29, 1.82) is 0 Å². The average molecular weight is 576 g/mol. The van der Waals surface area contributed by atoms with E-state index >= 15 is 0 Å². The molecule has 196 valence electrons. The van der Waals surface area contributed by atoms with Gasteiger partial charge in [0.2, 0.25) is 0 Å². The molecule has 1 amide bonds. The number of anilines is 2. The molecule has 3 aromatic carbocycles. The van der Waals surface area contributed by atoms with E-state index in [1.54, 1.807) is 30.2 Å². The SMILES string of the molecule is COc1ccc([C@H]2CC(=O)C3=C(C2)Nc2ccccc2N(C(=O)c2ccc(Cl)c(Cl)c2)[C@H]3c2cccs2)cc1. The Morgan fingerprint density at radius 3 is 2.49 bits per heavy atom. The second-order valence-electron chi connectivity index (χ2n) is 9.56.